The molecule has 6 rings (SSSR count). The van der Waals surface area contributed by atoms with E-state index in [0.717, 1.165) is 66.6 Å². The van der Waals surface area contributed by atoms with Crippen LogP contribution in [0.1, 0.15) is 92.6 Å². The Hall–Kier alpha value is -4.31. The minimum absolute atomic E-state index is 0.0217. The van der Waals surface area contributed by atoms with Crippen LogP contribution in [0.2, 0.25) is 0 Å². The minimum atomic E-state index is -0.0627. The lowest BCUT2D eigenvalue weighted by Gasteiger charge is -2.35. The molecule has 222 valence electrons. The second-order valence-corrected chi connectivity index (χ2v) is 12.1. The van der Waals surface area contributed by atoms with Crippen LogP contribution in [0.25, 0.3) is 11.0 Å². The summed E-state index contributed by atoms with van der Waals surface area (Å²) in [5.41, 5.74) is 10.2. The van der Waals surface area contributed by atoms with E-state index < -0.39 is 0 Å². The van der Waals surface area contributed by atoms with Crippen molar-refractivity contribution in [2.45, 2.75) is 82.7 Å². The van der Waals surface area contributed by atoms with Crippen molar-refractivity contribution < 1.29 is 9.53 Å². The quantitative estimate of drug-likeness (QED) is 0.217. The molecule has 4 aromatic rings. The molecule has 2 saturated carbocycles. The molecule has 1 heterocycles. The third kappa shape index (κ3) is 6.39. The molecule has 3 aromatic carbocycles. The zero-order valence-electron chi connectivity index (χ0n) is 24.8. The van der Waals surface area contributed by atoms with Crippen molar-refractivity contribution in [3.63, 3.8) is 0 Å². The highest BCUT2D eigenvalue weighted by molar-refractivity contribution is 5.94. The van der Waals surface area contributed by atoms with Crippen LogP contribution in [0.4, 0.5) is 5.95 Å². The smallest absolute Gasteiger partial charge is 0.254 e. The van der Waals surface area contributed by atoms with E-state index in [9.17, 15) is 10.1 Å². The number of nitrogens with zero attached hydrogens (tertiary/aromatic N) is 4. The average molecular weight is 576 g/mol. The highest BCUT2D eigenvalue weighted by atomic mass is 16.5. The minimum Gasteiger partial charge on any atom is -0.457 e. The van der Waals surface area contributed by atoms with Gasteiger partial charge in [0.15, 0.2) is 0 Å². The van der Waals surface area contributed by atoms with Crippen molar-refractivity contribution in [1.82, 2.24) is 14.5 Å². The van der Waals surface area contributed by atoms with Gasteiger partial charge in [0, 0.05) is 24.2 Å². The molecule has 2 fully saturated rings. The lowest BCUT2D eigenvalue weighted by atomic mass is 9.80. The van der Waals surface area contributed by atoms with Gasteiger partial charge in [0.05, 0.1) is 29.6 Å². The van der Waals surface area contributed by atoms with Crippen molar-refractivity contribution in [2.75, 3.05) is 12.3 Å². The second kappa shape index (κ2) is 13.3. The molecule has 1 atom stereocenters. The number of rotatable bonds is 9. The van der Waals surface area contributed by atoms with E-state index in [0.29, 0.717) is 30.4 Å². The number of anilines is 1. The van der Waals surface area contributed by atoms with Gasteiger partial charge in [0.25, 0.3) is 5.91 Å². The zero-order chi connectivity index (χ0) is 29.6. The summed E-state index contributed by atoms with van der Waals surface area (Å²) in [6.45, 7) is 0.472. The standard InChI is InChI=1S/C36H41N5O2/c37-22-11-23-40(29-16-6-2-7-17-29)35(42)28-15-10-14-27(24-28)34(26-12-4-1-5-13-26)41-33-25-31(20-21-32(33)39-36(41)38)43-30-18-8-3-9-19-30/h3,8-10,14-15,18-21,24-26,29,34H,1-2,4-7,11-13,16-17,23H2,(H2,38,39). The van der Waals surface area contributed by atoms with Gasteiger partial charge >= 0.3 is 0 Å². The number of fused-ring (bicyclic) bond motifs is 1. The van der Waals surface area contributed by atoms with Crippen LogP contribution in [-0.4, -0.2) is 32.9 Å². The van der Waals surface area contributed by atoms with E-state index in [2.05, 4.69) is 22.8 Å². The Morgan fingerprint density at radius 1 is 0.930 bits per heavy atom. The van der Waals surface area contributed by atoms with E-state index in [1.54, 1.807) is 0 Å². The molecule has 0 bridgehead atoms. The zero-order valence-corrected chi connectivity index (χ0v) is 24.8. The van der Waals surface area contributed by atoms with Gasteiger partial charge in [-0.2, -0.15) is 5.26 Å². The van der Waals surface area contributed by atoms with Gasteiger partial charge in [-0.3, -0.25) is 4.79 Å². The normalized spacial score (nSPS) is 16.9. The van der Waals surface area contributed by atoms with Gasteiger partial charge in [0.2, 0.25) is 5.95 Å². The molecule has 1 aromatic heterocycles. The van der Waals surface area contributed by atoms with Crippen molar-refractivity contribution in [1.29, 1.82) is 5.26 Å². The summed E-state index contributed by atoms with van der Waals surface area (Å²) in [5.74, 6) is 2.36. The fraction of sp³-hybridized carbons (Fsp3) is 0.417. The first-order valence-electron chi connectivity index (χ1n) is 15.9. The van der Waals surface area contributed by atoms with Crippen molar-refractivity contribution in [3.8, 4) is 17.6 Å². The maximum Gasteiger partial charge on any atom is 0.254 e. The van der Waals surface area contributed by atoms with Crippen LogP contribution in [-0.2, 0) is 0 Å². The number of amides is 1. The number of benzene rings is 3. The molecule has 0 spiro atoms. The van der Waals surface area contributed by atoms with E-state index in [1.165, 1.54) is 25.7 Å². The Morgan fingerprint density at radius 2 is 1.67 bits per heavy atom. The molecule has 0 radical (unpaired) electrons. The first-order chi connectivity index (χ1) is 21.1. The van der Waals surface area contributed by atoms with Gasteiger partial charge in [-0.05, 0) is 73.6 Å². The maximum absolute atomic E-state index is 14.0. The number of carbonyl (C=O) groups excluding carboxylic acids is 1. The third-order valence-corrected chi connectivity index (χ3v) is 9.26. The number of aromatic nitrogens is 2. The summed E-state index contributed by atoms with van der Waals surface area (Å²) in [7, 11) is 0. The van der Waals surface area contributed by atoms with E-state index in [4.69, 9.17) is 15.5 Å². The topological polar surface area (TPSA) is 97.2 Å². The summed E-state index contributed by atoms with van der Waals surface area (Å²) >= 11 is 0. The van der Waals surface area contributed by atoms with E-state index >= 15 is 0 Å². The molecule has 2 aliphatic rings. The predicted molar refractivity (Wildman–Crippen MR) is 170 cm³/mol. The van der Waals surface area contributed by atoms with Gasteiger partial charge < -0.3 is 19.9 Å². The van der Waals surface area contributed by atoms with Crippen LogP contribution in [0, 0.1) is 17.2 Å². The lowest BCUT2D eigenvalue weighted by Crippen LogP contribution is -2.42. The monoisotopic (exact) mass is 575 g/mol. The van der Waals surface area contributed by atoms with Gasteiger partial charge in [-0.15, -0.1) is 0 Å². The third-order valence-electron chi connectivity index (χ3n) is 9.26. The number of hydrogen-bond acceptors (Lipinski definition) is 5. The van der Waals surface area contributed by atoms with E-state index in [1.807, 2.05) is 65.6 Å². The Labute approximate surface area is 254 Å². The summed E-state index contributed by atoms with van der Waals surface area (Å²) in [4.78, 5) is 20.8. The molecule has 43 heavy (non-hydrogen) atoms. The molecule has 1 amide bonds. The second-order valence-electron chi connectivity index (χ2n) is 12.1. The number of nitrogen functional groups attached to an aromatic ring is 1. The summed E-state index contributed by atoms with van der Waals surface area (Å²) in [5, 5.41) is 9.33. The molecule has 7 heteroatoms. The first kappa shape index (κ1) is 28.8. The Kier molecular flexibility index (Phi) is 8.93. The lowest BCUT2D eigenvalue weighted by molar-refractivity contribution is 0.0639. The van der Waals surface area contributed by atoms with Gasteiger partial charge in [-0.25, -0.2) is 4.98 Å². The number of nitrogens with two attached hydrogens (primary N) is 1. The van der Waals surface area contributed by atoms with Crippen LogP contribution in [0.5, 0.6) is 11.5 Å². The van der Waals surface area contributed by atoms with Crippen molar-refractivity contribution in [3.05, 3.63) is 83.9 Å². The number of imidazole rings is 1. The number of nitriles is 1. The first-order valence-corrected chi connectivity index (χ1v) is 15.9. The van der Waals surface area contributed by atoms with E-state index in [-0.39, 0.29) is 18.0 Å². The largest absolute Gasteiger partial charge is 0.457 e. The highest BCUT2D eigenvalue weighted by Crippen LogP contribution is 2.41. The fourth-order valence-corrected chi connectivity index (χ4v) is 7.19. The van der Waals surface area contributed by atoms with Crippen molar-refractivity contribution in [2.24, 2.45) is 5.92 Å². The molecule has 0 aliphatic heterocycles. The number of carbonyl (C=O) groups is 1. The molecular weight excluding hydrogens is 534 g/mol. The Morgan fingerprint density at radius 3 is 2.42 bits per heavy atom. The summed E-state index contributed by atoms with van der Waals surface area (Å²) in [6, 6.07) is 26.2. The van der Waals surface area contributed by atoms with Crippen LogP contribution in [0.3, 0.4) is 0 Å². The number of para-hydroxylation sites is 1. The Bertz CT molecular complexity index is 1580. The average Bonchev–Trinajstić information content (AvgIpc) is 3.37. The predicted octanol–water partition coefficient (Wildman–Crippen LogP) is 8.27. The molecule has 2 N–H and O–H groups in total. The molecule has 7 nitrogen and oxygen atoms in total. The maximum atomic E-state index is 14.0. The van der Waals surface area contributed by atoms with Gasteiger partial charge in [0.1, 0.15) is 11.5 Å². The van der Waals surface area contributed by atoms with Crippen LogP contribution >= 0.6 is 0 Å². The molecular formula is C36H41N5O2. The highest BCUT2D eigenvalue weighted by Gasteiger charge is 2.31. The van der Waals surface area contributed by atoms with Crippen molar-refractivity contribution >= 4 is 22.9 Å². The SMILES string of the molecule is N#CCCN(C(=O)c1cccc(C(C2CCCCC2)n2c(N)nc3ccc(Oc4ccccc4)cc32)c1)C1CCCCC1. The van der Waals surface area contributed by atoms with Crippen LogP contribution in [0.15, 0.2) is 72.8 Å². The van der Waals surface area contributed by atoms with Crippen LogP contribution < -0.4 is 10.5 Å². The fourth-order valence-electron chi connectivity index (χ4n) is 7.19. The molecule has 0 saturated heterocycles. The Balaban J connectivity index is 1.39. The summed E-state index contributed by atoms with van der Waals surface area (Å²) in [6.07, 6.45) is 11.6. The number of ether oxygens (including phenoxy) is 1. The number of hydrogen-bond donors (Lipinski definition) is 1. The van der Waals surface area contributed by atoms with Gasteiger partial charge in [-0.1, -0.05) is 68.9 Å². The summed E-state index contributed by atoms with van der Waals surface area (Å²) < 4.78 is 8.36. The molecule has 2 aliphatic carbocycles. The molecule has 1 unspecified atom stereocenters.